The lowest BCUT2D eigenvalue weighted by Crippen LogP contribution is -2.53. The monoisotopic (exact) mass is 427 g/mol. The number of hydrogen-bond acceptors (Lipinski definition) is 8. The van der Waals surface area contributed by atoms with Crippen molar-refractivity contribution < 1.29 is 18.8 Å². The Morgan fingerprint density at radius 3 is 2.65 bits per heavy atom. The van der Waals surface area contributed by atoms with Crippen molar-refractivity contribution in [2.45, 2.75) is 57.7 Å². The molecule has 0 aromatic carbocycles. The third kappa shape index (κ3) is 4.12. The Bertz CT molecular complexity index is 957. The van der Waals surface area contributed by atoms with Crippen LogP contribution in [0.1, 0.15) is 50.9 Å². The lowest BCUT2D eigenvalue weighted by Gasteiger charge is -2.35. The van der Waals surface area contributed by atoms with E-state index < -0.39 is 5.60 Å². The van der Waals surface area contributed by atoms with Crippen LogP contribution in [0.4, 0.5) is 10.5 Å². The van der Waals surface area contributed by atoms with Crippen LogP contribution in [0.15, 0.2) is 22.9 Å². The second-order valence-electron chi connectivity index (χ2n) is 9.45. The average Bonchev–Trinajstić information content (AvgIpc) is 3.33. The predicted molar refractivity (Wildman–Crippen MR) is 113 cm³/mol. The van der Waals surface area contributed by atoms with Crippen molar-refractivity contribution >= 4 is 11.8 Å². The normalized spacial score (nSPS) is 20.0. The summed E-state index contributed by atoms with van der Waals surface area (Å²) in [6, 6.07) is 4.42. The molecule has 166 valence electrons. The molecule has 0 radical (unpaired) electrons. The van der Waals surface area contributed by atoms with E-state index in [0.717, 1.165) is 55.4 Å². The van der Waals surface area contributed by atoms with Crippen molar-refractivity contribution in [3.05, 3.63) is 29.7 Å². The van der Waals surface area contributed by atoms with Crippen LogP contribution in [0.25, 0.3) is 11.4 Å². The molecule has 0 atom stereocenters. The van der Waals surface area contributed by atoms with Gasteiger partial charge >= 0.3 is 6.09 Å². The summed E-state index contributed by atoms with van der Waals surface area (Å²) in [7, 11) is 0. The molecule has 5 rings (SSSR count). The number of likely N-dealkylation sites (tertiary alicyclic amines) is 1. The standard InChI is InChI=1S/C22H29N5O4/c1-22(2,3)30-21(28)26-6-4-14(5-7-26)20-9-18(25-31-20)17-8-19-15(10-23-17)11-24-27(19)16-12-29-13-16/h8-10,14,16,24H,4-7,11-13H2,1-3H3. The van der Waals surface area contributed by atoms with Crippen molar-refractivity contribution in [1.82, 2.24) is 20.5 Å². The van der Waals surface area contributed by atoms with Gasteiger partial charge in [0.2, 0.25) is 0 Å². The minimum atomic E-state index is -0.479. The van der Waals surface area contributed by atoms with Gasteiger partial charge in [0.05, 0.1) is 30.6 Å². The molecule has 0 saturated carbocycles. The number of ether oxygens (including phenoxy) is 2. The van der Waals surface area contributed by atoms with Crippen molar-refractivity contribution in [3.8, 4) is 11.4 Å². The van der Waals surface area contributed by atoms with Crippen molar-refractivity contribution in [3.63, 3.8) is 0 Å². The lowest BCUT2D eigenvalue weighted by atomic mass is 9.94. The van der Waals surface area contributed by atoms with Gasteiger partial charge in [-0.2, -0.15) is 0 Å². The van der Waals surface area contributed by atoms with E-state index >= 15 is 0 Å². The van der Waals surface area contributed by atoms with Gasteiger partial charge in [0.25, 0.3) is 0 Å². The zero-order valence-corrected chi connectivity index (χ0v) is 18.3. The fraction of sp³-hybridized carbons (Fsp3) is 0.591. The number of hydrogen-bond donors (Lipinski definition) is 1. The first kappa shape index (κ1) is 20.3. The fourth-order valence-electron chi connectivity index (χ4n) is 4.20. The SMILES string of the molecule is CC(C)(C)OC(=O)N1CCC(c2cc(-c3cc4c(cn3)CNN4C3COC3)no2)CC1. The molecule has 3 aliphatic heterocycles. The predicted octanol–water partition coefficient (Wildman–Crippen LogP) is 3.07. The Hall–Kier alpha value is -2.65. The summed E-state index contributed by atoms with van der Waals surface area (Å²) in [5, 5.41) is 6.47. The number of aromatic nitrogens is 2. The number of hydrazine groups is 1. The molecule has 3 aliphatic rings. The first-order chi connectivity index (χ1) is 14.9. The lowest BCUT2D eigenvalue weighted by molar-refractivity contribution is 0.00482. The van der Waals surface area contributed by atoms with Gasteiger partial charge in [0.1, 0.15) is 17.1 Å². The molecule has 31 heavy (non-hydrogen) atoms. The Labute approximate surface area is 181 Å². The summed E-state index contributed by atoms with van der Waals surface area (Å²) in [6.07, 6.45) is 3.31. The first-order valence-electron chi connectivity index (χ1n) is 10.9. The van der Waals surface area contributed by atoms with Crippen LogP contribution < -0.4 is 10.4 Å². The second-order valence-corrected chi connectivity index (χ2v) is 9.45. The quantitative estimate of drug-likeness (QED) is 0.799. The van der Waals surface area contributed by atoms with Gasteiger partial charge in [-0.1, -0.05) is 5.16 Å². The summed E-state index contributed by atoms with van der Waals surface area (Å²) in [5.41, 5.74) is 6.78. The van der Waals surface area contributed by atoms with Gasteiger partial charge in [0.15, 0.2) is 0 Å². The zero-order valence-electron chi connectivity index (χ0n) is 18.3. The summed E-state index contributed by atoms with van der Waals surface area (Å²) >= 11 is 0. The van der Waals surface area contributed by atoms with E-state index in [-0.39, 0.29) is 12.0 Å². The Balaban J connectivity index is 1.25. The highest BCUT2D eigenvalue weighted by atomic mass is 16.6. The van der Waals surface area contributed by atoms with Crippen molar-refractivity contribution in [1.29, 1.82) is 0 Å². The molecule has 2 aromatic heterocycles. The zero-order chi connectivity index (χ0) is 21.6. The molecule has 1 N–H and O–H groups in total. The van der Waals surface area contributed by atoms with Crippen molar-refractivity contribution in [2.24, 2.45) is 0 Å². The van der Waals surface area contributed by atoms with E-state index in [0.29, 0.717) is 19.1 Å². The Morgan fingerprint density at radius 2 is 1.97 bits per heavy atom. The number of nitrogens with zero attached hydrogens (tertiary/aromatic N) is 4. The average molecular weight is 428 g/mol. The highest BCUT2D eigenvalue weighted by Crippen LogP contribution is 2.34. The number of rotatable bonds is 3. The first-order valence-corrected chi connectivity index (χ1v) is 10.9. The van der Waals surface area contributed by atoms with Crippen LogP contribution in [-0.4, -0.2) is 59.1 Å². The highest BCUT2D eigenvalue weighted by molar-refractivity contribution is 5.68. The molecular formula is C22H29N5O4. The maximum atomic E-state index is 12.3. The van der Waals surface area contributed by atoms with Crippen LogP contribution in [0.2, 0.25) is 0 Å². The third-order valence-electron chi connectivity index (χ3n) is 5.99. The molecule has 2 aromatic rings. The van der Waals surface area contributed by atoms with Gasteiger partial charge in [0, 0.05) is 43.4 Å². The molecule has 9 heteroatoms. The smallest absolute Gasteiger partial charge is 0.410 e. The number of fused-ring (bicyclic) bond motifs is 1. The summed E-state index contributed by atoms with van der Waals surface area (Å²) in [4.78, 5) is 18.6. The van der Waals surface area contributed by atoms with E-state index in [9.17, 15) is 4.79 Å². The molecule has 0 aliphatic carbocycles. The molecule has 2 saturated heterocycles. The minimum Gasteiger partial charge on any atom is -0.444 e. The van der Waals surface area contributed by atoms with E-state index in [4.69, 9.17) is 14.0 Å². The van der Waals surface area contributed by atoms with E-state index in [1.54, 1.807) is 4.90 Å². The molecule has 1 amide bonds. The van der Waals surface area contributed by atoms with E-state index in [2.05, 4.69) is 26.6 Å². The molecule has 9 nitrogen and oxygen atoms in total. The number of nitrogens with one attached hydrogen (secondary N) is 1. The number of carbonyl (C=O) groups excluding carboxylic acids is 1. The molecular weight excluding hydrogens is 398 g/mol. The van der Waals surface area contributed by atoms with Gasteiger partial charge < -0.3 is 18.9 Å². The summed E-state index contributed by atoms with van der Waals surface area (Å²) < 4.78 is 16.5. The fourth-order valence-corrected chi connectivity index (χ4v) is 4.20. The van der Waals surface area contributed by atoms with Crippen LogP contribution >= 0.6 is 0 Å². The van der Waals surface area contributed by atoms with Gasteiger partial charge in [-0.05, 0) is 39.7 Å². The van der Waals surface area contributed by atoms with E-state index in [1.807, 2.05) is 33.0 Å². The molecule has 2 fully saturated rings. The van der Waals surface area contributed by atoms with Crippen LogP contribution in [-0.2, 0) is 16.0 Å². The molecule has 0 unspecified atom stereocenters. The number of piperidine rings is 1. The molecule has 0 bridgehead atoms. The molecule has 5 heterocycles. The maximum Gasteiger partial charge on any atom is 0.410 e. The van der Waals surface area contributed by atoms with Gasteiger partial charge in [-0.15, -0.1) is 0 Å². The highest BCUT2D eigenvalue weighted by Gasteiger charge is 2.32. The number of anilines is 1. The van der Waals surface area contributed by atoms with E-state index in [1.165, 1.54) is 5.56 Å². The number of amides is 1. The number of carbonyl (C=O) groups is 1. The largest absolute Gasteiger partial charge is 0.444 e. The Morgan fingerprint density at radius 1 is 1.19 bits per heavy atom. The summed E-state index contributed by atoms with van der Waals surface area (Å²) in [6.45, 7) is 9.20. The summed E-state index contributed by atoms with van der Waals surface area (Å²) in [5.74, 6) is 1.09. The topological polar surface area (TPSA) is 93.0 Å². The van der Waals surface area contributed by atoms with Crippen LogP contribution in [0, 0.1) is 0 Å². The van der Waals surface area contributed by atoms with Gasteiger partial charge in [-0.3, -0.25) is 9.99 Å². The maximum absolute atomic E-state index is 12.3. The Kier molecular flexibility index (Phi) is 5.10. The van der Waals surface area contributed by atoms with Crippen LogP contribution in [0.3, 0.4) is 0 Å². The minimum absolute atomic E-state index is 0.236. The third-order valence-corrected chi connectivity index (χ3v) is 5.99. The van der Waals surface area contributed by atoms with Gasteiger partial charge in [-0.25, -0.2) is 10.2 Å². The van der Waals surface area contributed by atoms with Crippen LogP contribution in [0.5, 0.6) is 0 Å². The molecule has 0 spiro atoms. The van der Waals surface area contributed by atoms with Crippen molar-refractivity contribution in [2.75, 3.05) is 31.3 Å². The second kappa shape index (κ2) is 7.80. The number of pyridine rings is 1.